The van der Waals surface area contributed by atoms with Crippen molar-refractivity contribution >= 4 is 5.95 Å². The molecule has 0 aliphatic carbocycles. The Morgan fingerprint density at radius 2 is 2.53 bits per heavy atom. The molecule has 0 N–H and O–H groups in total. The Balaban J connectivity index is 2.14. The maximum atomic E-state index is 8.74. The molecule has 78 valence electrons. The number of nitriles is 1. The third-order valence-corrected chi connectivity index (χ3v) is 2.90. The van der Waals surface area contributed by atoms with Crippen molar-refractivity contribution in [2.75, 3.05) is 18.0 Å². The molecule has 2 rings (SSSR count). The summed E-state index contributed by atoms with van der Waals surface area (Å²) in [5, 5.41) is 8.74. The number of hydrogen-bond donors (Lipinski definition) is 0. The predicted octanol–water partition coefficient (Wildman–Crippen LogP) is 1.58. The van der Waals surface area contributed by atoms with E-state index in [0.717, 1.165) is 19.0 Å². The molecule has 0 radical (unpaired) electrons. The van der Waals surface area contributed by atoms with Crippen molar-refractivity contribution in [3.05, 3.63) is 18.0 Å². The molecule has 1 aromatic rings. The molecular formula is C11H14N4. The van der Waals surface area contributed by atoms with Crippen molar-refractivity contribution in [1.82, 2.24) is 9.97 Å². The maximum Gasteiger partial charge on any atom is 0.226 e. The Morgan fingerprint density at radius 1 is 1.67 bits per heavy atom. The lowest BCUT2D eigenvalue weighted by molar-refractivity contribution is 0.568. The largest absolute Gasteiger partial charge is 0.341 e. The predicted molar refractivity (Wildman–Crippen MR) is 57.4 cm³/mol. The van der Waals surface area contributed by atoms with Crippen molar-refractivity contribution < 1.29 is 0 Å². The van der Waals surface area contributed by atoms with Crippen LogP contribution in [0, 0.1) is 17.2 Å². The van der Waals surface area contributed by atoms with Gasteiger partial charge in [0.2, 0.25) is 5.95 Å². The van der Waals surface area contributed by atoms with Crippen molar-refractivity contribution in [2.45, 2.75) is 19.8 Å². The van der Waals surface area contributed by atoms with E-state index in [-0.39, 0.29) is 0 Å². The first kappa shape index (κ1) is 9.91. The Hall–Kier alpha value is -1.63. The smallest absolute Gasteiger partial charge is 0.226 e. The first-order chi connectivity index (χ1) is 7.33. The minimum Gasteiger partial charge on any atom is -0.341 e. The SMILES string of the molecule is CCC1CCN(c2nccc(C#N)n2)C1. The third-order valence-electron chi connectivity index (χ3n) is 2.90. The van der Waals surface area contributed by atoms with E-state index in [1.54, 1.807) is 12.3 Å². The number of rotatable bonds is 2. The van der Waals surface area contributed by atoms with E-state index < -0.39 is 0 Å². The van der Waals surface area contributed by atoms with E-state index in [2.05, 4.69) is 21.8 Å². The van der Waals surface area contributed by atoms with Crippen LogP contribution in [0.4, 0.5) is 5.95 Å². The van der Waals surface area contributed by atoms with E-state index in [0.29, 0.717) is 11.6 Å². The summed E-state index contributed by atoms with van der Waals surface area (Å²) in [5.74, 6) is 1.45. The van der Waals surface area contributed by atoms with Crippen LogP contribution >= 0.6 is 0 Å². The minimum atomic E-state index is 0.444. The quantitative estimate of drug-likeness (QED) is 0.730. The zero-order chi connectivity index (χ0) is 10.7. The lowest BCUT2D eigenvalue weighted by Gasteiger charge is -2.15. The van der Waals surface area contributed by atoms with Gasteiger partial charge in [0.1, 0.15) is 11.8 Å². The second kappa shape index (κ2) is 4.26. The molecular weight excluding hydrogens is 188 g/mol. The lowest BCUT2D eigenvalue weighted by Crippen LogP contribution is -2.22. The van der Waals surface area contributed by atoms with Gasteiger partial charge in [0.25, 0.3) is 0 Å². The van der Waals surface area contributed by atoms with Crippen LogP contribution in [0.25, 0.3) is 0 Å². The number of nitrogens with zero attached hydrogens (tertiary/aromatic N) is 4. The van der Waals surface area contributed by atoms with E-state index in [1.165, 1.54) is 12.8 Å². The Morgan fingerprint density at radius 3 is 3.20 bits per heavy atom. The highest BCUT2D eigenvalue weighted by Crippen LogP contribution is 2.22. The summed E-state index contributed by atoms with van der Waals surface area (Å²) in [4.78, 5) is 10.6. The first-order valence-corrected chi connectivity index (χ1v) is 5.31. The second-order valence-electron chi connectivity index (χ2n) is 3.86. The average molecular weight is 202 g/mol. The summed E-state index contributed by atoms with van der Waals surface area (Å²) in [6.45, 7) is 4.24. The van der Waals surface area contributed by atoms with Crippen molar-refractivity contribution in [1.29, 1.82) is 5.26 Å². The van der Waals surface area contributed by atoms with Crippen LogP contribution in [0.3, 0.4) is 0 Å². The van der Waals surface area contributed by atoms with E-state index in [1.807, 2.05) is 6.07 Å². The van der Waals surface area contributed by atoms with Gasteiger partial charge in [-0.3, -0.25) is 0 Å². The molecule has 0 spiro atoms. The van der Waals surface area contributed by atoms with Gasteiger partial charge in [0, 0.05) is 19.3 Å². The Labute approximate surface area is 89.6 Å². The summed E-state index contributed by atoms with van der Waals surface area (Å²) < 4.78 is 0. The lowest BCUT2D eigenvalue weighted by atomic mass is 10.1. The molecule has 15 heavy (non-hydrogen) atoms. The summed E-state index contributed by atoms with van der Waals surface area (Å²) in [6.07, 6.45) is 4.06. The molecule has 4 nitrogen and oxygen atoms in total. The van der Waals surface area contributed by atoms with E-state index in [9.17, 15) is 0 Å². The molecule has 1 aromatic heterocycles. The fraction of sp³-hybridized carbons (Fsp3) is 0.545. The number of aromatic nitrogens is 2. The van der Waals surface area contributed by atoms with Crippen molar-refractivity contribution in [2.24, 2.45) is 5.92 Å². The Bertz CT molecular complexity index is 382. The topological polar surface area (TPSA) is 52.8 Å². The fourth-order valence-electron chi connectivity index (χ4n) is 1.91. The molecule has 1 fully saturated rings. The molecule has 1 saturated heterocycles. The zero-order valence-electron chi connectivity index (χ0n) is 8.85. The van der Waals surface area contributed by atoms with Crippen LogP contribution in [0.2, 0.25) is 0 Å². The first-order valence-electron chi connectivity index (χ1n) is 5.31. The van der Waals surface area contributed by atoms with E-state index >= 15 is 0 Å². The molecule has 0 bridgehead atoms. The Kier molecular flexibility index (Phi) is 2.82. The summed E-state index contributed by atoms with van der Waals surface area (Å²) in [7, 11) is 0. The van der Waals surface area contributed by atoms with Crippen molar-refractivity contribution in [3.63, 3.8) is 0 Å². The van der Waals surface area contributed by atoms with Crippen molar-refractivity contribution in [3.8, 4) is 6.07 Å². The van der Waals surface area contributed by atoms with Crippen LogP contribution in [0.5, 0.6) is 0 Å². The molecule has 0 aromatic carbocycles. The molecule has 1 aliphatic heterocycles. The molecule has 0 amide bonds. The highest BCUT2D eigenvalue weighted by Gasteiger charge is 2.22. The van der Waals surface area contributed by atoms with Gasteiger partial charge < -0.3 is 4.90 Å². The van der Waals surface area contributed by atoms with Gasteiger partial charge in [-0.05, 0) is 18.4 Å². The average Bonchev–Trinajstić information content (AvgIpc) is 2.78. The van der Waals surface area contributed by atoms with Gasteiger partial charge in [-0.25, -0.2) is 9.97 Å². The highest BCUT2D eigenvalue weighted by atomic mass is 15.3. The normalized spacial score (nSPS) is 20.3. The van der Waals surface area contributed by atoms with Gasteiger partial charge in [0.05, 0.1) is 0 Å². The van der Waals surface area contributed by atoms with Gasteiger partial charge in [-0.2, -0.15) is 5.26 Å². The summed E-state index contributed by atoms with van der Waals surface area (Å²) in [5.41, 5.74) is 0.444. The number of hydrogen-bond acceptors (Lipinski definition) is 4. The minimum absolute atomic E-state index is 0.444. The molecule has 2 heterocycles. The standard InChI is InChI=1S/C11H14N4/c1-2-9-4-6-15(8-9)11-13-5-3-10(7-12)14-11/h3,5,9H,2,4,6,8H2,1H3. The van der Waals surface area contributed by atoms with Gasteiger partial charge >= 0.3 is 0 Å². The monoisotopic (exact) mass is 202 g/mol. The van der Waals surface area contributed by atoms with Gasteiger partial charge in [0.15, 0.2) is 0 Å². The molecule has 1 aliphatic rings. The third kappa shape index (κ3) is 2.07. The van der Waals surface area contributed by atoms with Gasteiger partial charge in [-0.15, -0.1) is 0 Å². The second-order valence-corrected chi connectivity index (χ2v) is 3.86. The molecule has 1 unspecified atom stereocenters. The molecule has 4 heteroatoms. The summed E-state index contributed by atoms with van der Waals surface area (Å²) >= 11 is 0. The van der Waals surface area contributed by atoms with Gasteiger partial charge in [-0.1, -0.05) is 13.3 Å². The molecule has 1 atom stereocenters. The highest BCUT2D eigenvalue weighted by molar-refractivity contribution is 5.34. The van der Waals surface area contributed by atoms with E-state index in [4.69, 9.17) is 5.26 Å². The van der Waals surface area contributed by atoms with Crippen LogP contribution in [-0.2, 0) is 0 Å². The van der Waals surface area contributed by atoms with Crippen LogP contribution < -0.4 is 4.90 Å². The van der Waals surface area contributed by atoms with Crippen LogP contribution in [0.15, 0.2) is 12.3 Å². The molecule has 0 saturated carbocycles. The zero-order valence-corrected chi connectivity index (χ0v) is 8.85. The van der Waals surface area contributed by atoms with Crippen LogP contribution in [-0.4, -0.2) is 23.1 Å². The number of anilines is 1. The maximum absolute atomic E-state index is 8.74. The fourth-order valence-corrected chi connectivity index (χ4v) is 1.91. The summed E-state index contributed by atoms with van der Waals surface area (Å²) in [6, 6.07) is 3.67. The van der Waals surface area contributed by atoms with Crippen LogP contribution in [0.1, 0.15) is 25.5 Å².